The molecule has 1 aliphatic rings. The summed E-state index contributed by atoms with van der Waals surface area (Å²) in [5.41, 5.74) is 2.82. The zero-order valence-corrected chi connectivity index (χ0v) is 18.7. The quantitative estimate of drug-likeness (QED) is 0.532. The van der Waals surface area contributed by atoms with Crippen molar-refractivity contribution in [3.8, 4) is 5.75 Å². The molecular formula is C20H24N6O2S2. The van der Waals surface area contributed by atoms with E-state index in [0.29, 0.717) is 22.7 Å². The number of thioether (sulfide) groups is 1. The molecule has 0 radical (unpaired) electrons. The predicted molar refractivity (Wildman–Crippen MR) is 117 cm³/mol. The topological polar surface area (TPSA) is 94.8 Å². The van der Waals surface area contributed by atoms with Gasteiger partial charge < -0.3 is 9.30 Å². The molecule has 10 heteroatoms. The molecule has 1 aliphatic carbocycles. The van der Waals surface area contributed by atoms with E-state index < -0.39 is 0 Å². The number of nitrogens with one attached hydrogen (secondary N) is 1. The third-order valence-corrected chi connectivity index (χ3v) is 6.96. The van der Waals surface area contributed by atoms with E-state index in [2.05, 4.69) is 37.8 Å². The summed E-state index contributed by atoms with van der Waals surface area (Å²) in [6.07, 6.45) is 5.59. The molecule has 2 aromatic heterocycles. The Morgan fingerprint density at radius 3 is 2.83 bits per heavy atom. The molecule has 0 saturated carbocycles. The van der Waals surface area contributed by atoms with Crippen LogP contribution in [0.4, 0.5) is 5.13 Å². The summed E-state index contributed by atoms with van der Waals surface area (Å²) >= 11 is 2.72. The maximum Gasteiger partial charge on any atom is 0.236 e. The van der Waals surface area contributed by atoms with Crippen LogP contribution in [0, 0.1) is 0 Å². The number of fused-ring (bicyclic) bond motifs is 1. The number of hydrogen-bond acceptors (Lipinski definition) is 8. The Morgan fingerprint density at radius 1 is 1.20 bits per heavy atom. The van der Waals surface area contributed by atoms with Gasteiger partial charge in [0.2, 0.25) is 11.0 Å². The summed E-state index contributed by atoms with van der Waals surface area (Å²) in [4.78, 5) is 12.2. The Hall–Kier alpha value is -2.46. The van der Waals surface area contributed by atoms with Crippen LogP contribution in [0.5, 0.6) is 5.75 Å². The van der Waals surface area contributed by atoms with Gasteiger partial charge in [-0.3, -0.25) is 10.1 Å². The lowest BCUT2D eigenvalue weighted by atomic mass is 9.92. The Labute approximate surface area is 183 Å². The summed E-state index contributed by atoms with van der Waals surface area (Å²) in [6, 6.07) is 6.34. The van der Waals surface area contributed by atoms with Crippen LogP contribution in [-0.4, -0.2) is 36.6 Å². The molecule has 0 fully saturated rings. The highest BCUT2D eigenvalue weighted by Crippen LogP contribution is 2.26. The molecule has 30 heavy (non-hydrogen) atoms. The van der Waals surface area contributed by atoms with E-state index in [0.717, 1.165) is 30.0 Å². The molecule has 0 aliphatic heterocycles. The van der Waals surface area contributed by atoms with Crippen molar-refractivity contribution in [3.05, 3.63) is 40.2 Å². The third kappa shape index (κ3) is 4.99. The van der Waals surface area contributed by atoms with Crippen LogP contribution in [0.2, 0.25) is 0 Å². The number of nitrogens with zero attached hydrogens (tertiary/aromatic N) is 5. The molecule has 0 unspecified atom stereocenters. The molecule has 0 spiro atoms. The molecule has 0 saturated heterocycles. The summed E-state index contributed by atoms with van der Waals surface area (Å²) in [5.74, 6) is 1.65. The SMILES string of the molecule is CCc1nnc(NC(=O)CSc2nnc(COc3ccc4c(c3)CCCC4)n2C)s1. The number of aryl methyl sites for hydroxylation is 3. The third-order valence-electron chi connectivity index (χ3n) is 4.96. The van der Waals surface area contributed by atoms with E-state index in [1.165, 1.54) is 47.1 Å². The van der Waals surface area contributed by atoms with Crippen molar-refractivity contribution in [2.75, 3.05) is 11.1 Å². The van der Waals surface area contributed by atoms with Gasteiger partial charge in [0, 0.05) is 7.05 Å². The number of aromatic nitrogens is 5. The number of amides is 1. The lowest BCUT2D eigenvalue weighted by molar-refractivity contribution is -0.113. The first-order valence-corrected chi connectivity index (χ1v) is 11.8. The van der Waals surface area contributed by atoms with Gasteiger partial charge >= 0.3 is 0 Å². The Morgan fingerprint density at radius 2 is 2.03 bits per heavy atom. The first kappa shape index (κ1) is 20.8. The first-order chi connectivity index (χ1) is 14.6. The van der Waals surface area contributed by atoms with Crippen molar-refractivity contribution >= 4 is 34.1 Å². The minimum atomic E-state index is -0.145. The van der Waals surface area contributed by atoms with E-state index in [1.807, 2.05) is 24.6 Å². The number of anilines is 1. The van der Waals surface area contributed by atoms with Gasteiger partial charge in [0.05, 0.1) is 5.75 Å². The van der Waals surface area contributed by atoms with Crippen molar-refractivity contribution in [1.82, 2.24) is 25.0 Å². The van der Waals surface area contributed by atoms with Gasteiger partial charge in [0.1, 0.15) is 17.4 Å². The van der Waals surface area contributed by atoms with Crippen molar-refractivity contribution < 1.29 is 9.53 Å². The van der Waals surface area contributed by atoms with E-state index in [4.69, 9.17) is 4.74 Å². The second kappa shape index (κ2) is 9.57. The average Bonchev–Trinajstić information content (AvgIpc) is 3.36. The predicted octanol–water partition coefficient (Wildman–Crippen LogP) is 3.42. The van der Waals surface area contributed by atoms with Crippen LogP contribution in [0.25, 0.3) is 0 Å². The minimum absolute atomic E-state index is 0.145. The number of rotatable bonds is 8. The molecule has 158 valence electrons. The van der Waals surface area contributed by atoms with E-state index in [9.17, 15) is 4.79 Å². The second-order valence-electron chi connectivity index (χ2n) is 7.08. The van der Waals surface area contributed by atoms with Crippen LogP contribution < -0.4 is 10.1 Å². The molecule has 4 rings (SSSR count). The number of ether oxygens (including phenoxy) is 1. The Balaban J connectivity index is 1.29. The normalized spacial score (nSPS) is 13.1. The van der Waals surface area contributed by atoms with Crippen LogP contribution in [0.1, 0.15) is 41.7 Å². The number of carbonyl (C=O) groups excluding carboxylic acids is 1. The average molecular weight is 445 g/mol. The van der Waals surface area contributed by atoms with Crippen LogP contribution in [-0.2, 0) is 37.7 Å². The lowest BCUT2D eigenvalue weighted by Crippen LogP contribution is -2.14. The molecule has 3 aromatic rings. The zero-order chi connectivity index (χ0) is 20.9. The van der Waals surface area contributed by atoms with Crippen molar-refractivity contribution in [3.63, 3.8) is 0 Å². The molecule has 1 N–H and O–H groups in total. The molecule has 1 amide bonds. The number of benzene rings is 1. The molecule has 2 heterocycles. The second-order valence-corrected chi connectivity index (χ2v) is 9.08. The van der Waals surface area contributed by atoms with Gasteiger partial charge in [0.15, 0.2) is 11.0 Å². The summed E-state index contributed by atoms with van der Waals surface area (Å²) < 4.78 is 7.80. The largest absolute Gasteiger partial charge is 0.486 e. The fraction of sp³-hybridized carbons (Fsp3) is 0.450. The molecule has 1 aromatic carbocycles. The fourth-order valence-electron chi connectivity index (χ4n) is 3.28. The van der Waals surface area contributed by atoms with Crippen molar-refractivity contribution in [1.29, 1.82) is 0 Å². The summed E-state index contributed by atoms with van der Waals surface area (Å²) in [7, 11) is 1.88. The maximum atomic E-state index is 12.2. The van der Waals surface area contributed by atoms with Gasteiger partial charge in [-0.25, -0.2) is 0 Å². The molecule has 0 bridgehead atoms. The van der Waals surface area contributed by atoms with E-state index >= 15 is 0 Å². The maximum absolute atomic E-state index is 12.2. The standard InChI is InChI=1S/C20H24N6O2S2/c1-3-18-23-24-19(30-18)21-17(27)12-29-20-25-22-16(26(20)2)11-28-15-9-8-13-6-4-5-7-14(13)10-15/h8-10H,3-7,11-12H2,1-2H3,(H,21,24,27). The van der Waals surface area contributed by atoms with Crippen molar-refractivity contribution in [2.24, 2.45) is 7.05 Å². The smallest absolute Gasteiger partial charge is 0.236 e. The van der Waals surface area contributed by atoms with Crippen LogP contribution in [0.3, 0.4) is 0 Å². The summed E-state index contributed by atoms with van der Waals surface area (Å²) in [6.45, 7) is 2.34. The zero-order valence-electron chi connectivity index (χ0n) is 17.1. The minimum Gasteiger partial charge on any atom is -0.486 e. The van der Waals surface area contributed by atoms with Gasteiger partial charge in [-0.2, -0.15) is 0 Å². The van der Waals surface area contributed by atoms with Gasteiger partial charge in [-0.1, -0.05) is 36.1 Å². The van der Waals surface area contributed by atoms with Gasteiger partial charge in [0.25, 0.3) is 0 Å². The van der Waals surface area contributed by atoms with Crippen LogP contribution >= 0.6 is 23.1 Å². The highest BCUT2D eigenvalue weighted by molar-refractivity contribution is 7.99. The van der Waals surface area contributed by atoms with E-state index in [1.54, 1.807) is 0 Å². The number of hydrogen-bond donors (Lipinski definition) is 1. The van der Waals surface area contributed by atoms with Crippen molar-refractivity contribution in [2.45, 2.75) is 50.8 Å². The van der Waals surface area contributed by atoms with E-state index in [-0.39, 0.29) is 11.7 Å². The summed E-state index contributed by atoms with van der Waals surface area (Å²) in [5, 5.41) is 21.2. The lowest BCUT2D eigenvalue weighted by Gasteiger charge is -2.16. The Kier molecular flexibility index (Phi) is 6.63. The van der Waals surface area contributed by atoms with Gasteiger partial charge in [-0.05, 0) is 55.4 Å². The first-order valence-electron chi connectivity index (χ1n) is 10.00. The highest BCUT2D eigenvalue weighted by Gasteiger charge is 2.14. The molecular weight excluding hydrogens is 420 g/mol. The Bertz CT molecular complexity index is 1030. The molecule has 0 atom stereocenters. The molecule has 8 nitrogen and oxygen atoms in total. The van der Waals surface area contributed by atoms with Gasteiger partial charge in [-0.15, -0.1) is 20.4 Å². The number of carbonyl (C=O) groups is 1. The fourth-order valence-corrected chi connectivity index (χ4v) is 4.70. The monoisotopic (exact) mass is 444 g/mol. The highest BCUT2D eigenvalue weighted by atomic mass is 32.2. The van der Waals surface area contributed by atoms with Crippen LogP contribution in [0.15, 0.2) is 23.4 Å².